The van der Waals surface area contributed by atoms with Crippen molar-refractivity contribution in [1.82, 2.24) is 0 Å². The second kappa shape index (κ2) is 6.12. The number of carboxylic acids is 1. The number of carbonyl (C=O) groups is 2. The summed E-state index contributed by atoms with van der Waals surface area (Å²) in [4.78, 5) is 23.0. The van der Waals surface area contributed by atoms with Crippen LogP contribution in [0.1, 0.15) is 53.8 Å². The molecule has 5 heteroatoms. The predicted molar refractivity (Wildman–Crippen MR) is 98.9 cm³/mol. The van der Waals surface area contributed by atoms with Gasteiger partial charge in [-0.3, -0.25) is 4.79 Å². The lowest BCUT2D eigenvalue weighted by Crippen LogP contribution is -2.67. The van der Waals surface area contributed by atoms with Crippen LogP contribution in [-0.2, 0) is 14.9 Å². The summed E-state index contributed by atoms with van der Waals surface area (Å²) in [7, 11) is 1.62. The Kier molecular flexibility index (Phi) is 3.98. The lowest BCUT2D eigenvalue weighted by atomic mass is 9.31. The maximum absolute atomic E-state index is 11.7. The van der Waals surface area contributed by atoms with Gasteiger partial charge in [0.25, 0.3) is 0 Å². The van der Waals surface area contributed by atoms with E-state index in [9.17, 15) is 14.7 Å². The van der Waals surface area contributed by atoms with Crippen LogP contribution in [0.3, 0.4) is 0 Å². The topological polar surface area (TPSA) is 72.8 Å². The molecule has 2 aromatic carbocycles. The molecule has 0 heterocycles. The molecule has 5 rings (SSSR count). The molecule has 5 nitrogen and oxygen atoms in total. The molecule has 0 aromatic heterocycles. The molecule has 1 atom stereocenters. The van der Waals surface area contributed by atoms with Crippen LogP contribution in [0.2, 0.25) is 0 Å². The maximum Gasteiger partial charge on any atom is 0.335 e. The number of carbonyl (C=O) groups excluding carboxylic acids is 1. The van der Waals surface area contributed by atoms with Crippen LogP contribution in [-0.4, -0.2) is 24.2 Å². The Hall–Kier alpha value is -2.82. The fraction of sp³-hybridized carbons (Fsp3) is 0.364. The van der Waals surface area contributed by atoms with Crippen LogP contribution < -0.4 is 4.74 Å². The Morgan fingerprint density at radius 1 is 1.07 bits per heavy atom. The molecule has 0 spiro atoms. The summed E-state index contributed by atoms with van der Waals surface area (Å²) < 4.78 is 10.9. The normalized spacial score (nSPS) is 26.3. The van der Waals surface area contributed by atoms with Crippen LogP contribution in [0.5, 0.6) is 5.75 Å². The molecule has 140 valence electrons. The van der Waals surface area contributed by atoms with Gasteiger partial charge in [-0.2, -0.15) is 0 Å². The third-order valence-corrected chi connectivity index (χ3v) is 6.05. The highest BCUT2D eigenvalue weighted by atomic mass is 16.5. The van der Waals surface area contributed by atoms with Gasteiger partial charge in [0.2, 0.25) is 0 Å². The molecule has 1 unspecified atom stereocenters. The van der Waals surface area contributed by atoms with E-state index in [2.05, 4.69) is 0 Å². The van der Waals surface area contributed by atoms with Crippen molar-refractivity contribution in [3.8, 4) is 5.75 Å². The van der Waals surface area contributed by atoms with Crippen LogP contribution in [0.15, 0.2) is 48.5 Å². The molecule has 2 aromatic rings. The first-order valence-corrected chi connectivity index (χ1v) is 9.03. The van der Waals surface area contributed by atoms with Gasteiger partial charge in [-0.25, -0.2) is 4.79 Å². The van der Waals surface area contributed by atoms with Gasteiger partial charge in [-0.15, -0.1) is 0 Å². The summed E-state index contributed by atoms with van der Waals surface area (Å²) in [5, 5.41) is 9.24. The Morgan fingerprint density at radius 3 is 2.30 bits per heavy atom. The molecular formula is C22H22O5. The minimum absolute atomic E-state index is 0.0102. The zero-order valence-electron chi connectivity index (χ0n) is 15.4. The number of carboxylic acid groups (broad SMARTS) is 1. The number of ether oxygens (including phenoxy) is 2. The molecule has 2 bridgehead atoms. The zero-order valence-corrected chi connectivity index (χ0v) is 15.4. The van der Waals surface area contributed by atoms with Crippen molar-refractivity contribution in [3.63, 3.8) is 0 Å². The smallest absolute Gasteiger partial charge is 0.335 e. The molecule has 1 N–H and O–H groups in total. The van der Waals surface area contributed by atoms with Crippen molar-refractivity contribution in [2.75, 3.05) is 7.11 Å². The van der Waals surface area contributed by atoms with E-state index in [0.717, 1.165) is 36.1 Å². The number of rotatable bonds is 6. The molecular weight excluding hydrogens is 344 g/mol. The molecule has 27 heavy (non-hydrogen) atoms. The first kappa shape index (κ1) is 17.6. The third-order valence-electron chi connectivity index (χ3n) is 6.05. The SMILES string of the molecule is COc1ccc(C(OC(C)=O)C23CC(c4cccc(C(=O)O)c4)(C2)C3)cc1. The Labute approximate surface area is 157 Å². The van der Waals surface area contributed by atoms with Crippen molar-refractivity contribution in [3.05, 3.63) is 65.2 Å². The van der Waals surface area contributed by atoms with Crippen molar-refractivity contribution in [1.29, 1.82) is 0 Å². The number of hydrogen-bond donors (Lipinski definition) is 1. The van der Waals surface area contributed by atoms with Crippen molar-refractivity contribution < 1.29 is 24.2 Å². The van der Waals surface area contributed by atoms with Gasteiger partial charge in [-0.05, 0) is 60.1 Å². The highest BCUT2D eigenvalue weighted by molar-refractivity contribution is 5.87. The largest absolute Gasteiger partial charge is 0.497 e. The van der Waals surface area contributed by atoms with E-state index in [1.54, 1.807) is 25.3 Å². The van der Waals surface area contributed by atoms with E-state index in [1.165, 1.54) is 6.92 Å². The molecule has 3 aliphatic rings. The lowest BCUT2D eigenvalue weighted by Gasteiger charge is -2.73. The van der Waals surface area contributed by atoms with Crippen molar-refractivity contribution in [2.45, 2.75) is 37.7 Å². The van der Waals surface area contributed by atoms with Gasteiger partial charge in [0.15, 0.2) is 0 Å². The van der Waals surface area contributed by atoms with Crippen LogP contribution >= 0.6 is 0 Å². The van der Waals surface area contributed by atoms with Crippen molar-refractivity contribution in [2.24, 2.45) is 5.41 Å². The summed E-state index contributed by atoms with van der Waals surface area (Å²) in [6, 6.07) is 14.9. The van der Waals surface area contributed by atoms with E-state index < -0.39 is 5.97 Å². The van der Waals surface area contributed by atoms with Gasteiger partial charge in [0, 0.05) is 12.3 Å². The van der Waals surface area contributed by atoms with E-state index in [0.29, 0.717) is 5.56 Å². The van der Waals surface area contributed by atoms with E-state index in [-0.39, 0.29) is 22.9 Å². The average Bonchev–Trinajstić information content (AvgIpc) is 2.58. The van der Waals surface area contributed by atoms with Crippen LogP contribution in [0.4, 0.5) is 0 Å². The van der Waals surface area contributed by atoms with E-state index >= 15 is 0 Å². The van der Waals surface area contributed by atoms with Crippen molar-refractivity contribution >= 4 is 11.9 Å². The van der Waals surface area contributed by atoms with Gasteiger partial charge >= 0.3 is 11.9 Å². The first-order chi connectivity index (χ1) is 12.9. The van der Waals surface area contributed by atoms with Gasteiger partial charge in [0.1, 0.15) is 11.9 Å². The van der Waals surface area contributed by atoms with Crippen LogP contribution in [0, 0.1) is 5.41 Å². The maximum atomic E-state index is 11.7. The predicted octanol–water partition coefficient (Wildman–Crippen LogP) is 4.12. The molecule has 0 saturated heterocycles. The fourth-order valence-electron chi connectivity index (χ4n) is 4.92. The Bertz CT molecular complexity index is 879. The highest BCUT2D eigenvalue weighted by Crippen LogP contribution is 2.78. The zero-order chi connectivity index (χ0) is 19.2. The second-order valence-electron chi connectivity index (χ2n) is 7.82. The number of esters is 1. The summed E-state index contributed by atoms with van der Waals surface area (Å²) in [6.07, 6.45) is 2.40. The minimum atomic E-state index is -0.908. The van der Waals surface area contributed by atoms with Gasteiger partial charge in [-0.1, -0.05) is 24.3 Å². The second-order valence-corrected chi connectivity index (χ2v) is 7.82. The summed E-state index contributed by atoms with van der Waals surface area (Å²) >= 11 is 0. The standard InChI is InChI=1S/C22H22O5/c1-14(23)27-19(15-6-8-18(26-2)9-7-15)22-11-21(12-22,13-22)17-5-3-4-16(10-17)20(24)25/h3-10,19H,11-13H2,1-2H3,(H,24,25). The lowest BCUT2D eigenvalue weighted by molar-refractivity contribution is -0.224. The quantitative estimate of drug-likeness (QED) is 0.779. The molecule has 3 saturated carbocycles. The van der Waals surface area contributed by atoms with Crippen LogP contribution in [0.25, 0.3) is 0 Å². The monoisotopic (exact) mass is 366 g/mol. The van der Waals surface area contributed by atoms with Gasteiger partial charge < -0.3 is 14.6 Å². The molecule has 3 aliphatic carbocycles. The minimum Gasteiger partial charge on any atom is -0.497 e. The van der Waals surface area contributed by atoms with E-state index in [4.69, 9.17) is 9.47 Å². The summed E-state index contributed by atoms with van der Waals surface area (Å²) in [5.74, 6) is -0.434. The molecule has 0 radical (unpaired) electrons. The fourth-order valence-corrected chi connectivity index (χ4v) is 4.92. The Balaban J connectivity index is 1.57. The number of benzene rings is 2. The van der Waals surface area contributed by atoms with E-state index in [1.807, 2.05) is 30.3 Å². The third kappa shape index (κ3) is 2.78. The highest BCUT2D eigenvalue weighted by Gasteiger charge is 2.72. The number of hydrogen-bond acceptors (Lipinski definition) is 4. The summed E-state index contributed by atoms with van der Waals surface area (Å²) in [5.41, 5.74) is 2.30. The Morgan fingerprint density at radius 2 is 1.74 bits per heavy atom. The molecule has 3 fully saturated rings. The van der Waals surface area contributed by atoms with Gasteiger partial charge in [0.05, 0.1) is 12.7 Å². The number of aromatic carboxylic acids is 1. The first-order valence-electron chi connectivity index (χ1n) is 9.03. The number of methoxy groups -OCH3 is 1. The molecule has 0 amide bonds. The molecule has 0 aliphatic heterocycles. The summed E-state index contributed by atoms with van der Waals surface area (Å²) in [6.45, 7) is 1.44. The average molecular weight is 366 g/mol.